The van der Waals surface area contributed by atoms with Crippen molar-refractivity contribution in [3.8, 4) is 5.69 Å². The Bertz CT molecular complexity index is 1010. The van der Waals surface area contributed by atoms with Gasteiger partial charge in [-0.3, -0.25) is 0 Å². The van der Waals surface area contributed by atoms with Crippen molar-refractivity contribution >= 4 is 40.0 Å². The summed E-state index contributed by atoms with van der Waals surface area (Å²) in [4.78, 5) is 4.79. The monoisotopic (exact) mass is 574 g/mol. The van der Waals surface area contributed by atoms with E-state index in [-0.39, 0.29) is 24.0 Å². The number of hydrogen-bond acceptors (Lipinski definition) is 4. The van der Waals surface area contributed by atoms with Crippen LogP contribution < -0.4 is 10.6 Å². The molecule has 3 rings (SSSR count). The van der Waals surface area contributed by atoms with Gasteiger partial charge in [-0.1, -0.05) is 18.2 Å². The topological polar surface area (TPSA) is 91.6 Å². The van der Waals surface area contributed by atoms with Crippen molar-refractivity contribution in [2.75, 3.05) is 32.4 Å². The average Bonchev–Trinajstić information content (AvgIpc) is 3.07. The number of guanidine groups is 1. The fourth-order valence-corrected chi connectivity index (χ4v) is 4.79. The maximum atomic E-state index is 11.7. The first-order chi connectivity index (χ1) is 14.8. The van der Waals surface area contributed by atoms with Crippen molar-refractivity contribution < 1.29 is 8.42 Å². The first-order valence-electron chi connectivity index (χ1n) is 10.9. The normalized spacial score (nSPS) is 15.9. The Kier molecular flexibility index (Phi) is 9.96. The number of piperidine rings is 1. The van der Waals surface area contributed by atoms with Crippen molar-refractivity contribution in [1.82, 2.24) is 24.7 Å². The molecule has 32 heavy (non-hydrogen) atoms. The summed E-state index contributed by atoms with van der Waals surface area (Å²) < 4.78 is 26.9. The number of nitrogens with zero attached hydrogens (tertiary/aromatic N) is 4. The van der Waals surface area contributed by atoms with Crippen LogP contribution in [0.2, 0.25) is 0 Å². The summed E-state index contributed by atoms with van der Waals surface area (Å²) >= 11 is 0. The lowest BCUT2D eigenvalue weighted by molar-refractivity contribution is 0.275. The van der Waals surface area contributed by atoms with E-state index in [1.54, 1.807) is 4.31 Å². The molecule has 0 amide bonds. The van der Waals surface area contributed by atoms with Gasteiger partial charge in [0, 0.05) is 31.9 Å². The summed E-state index contributed by atoms with van der Waals surface area (Å²) in [5, 5.41) is 11.4. The minimum atomic E-state index is -3.09. The van der Waals surface area contributed by atoms with Crippen LogP contribution in [-0.2, 0) is 16.6 Å². The SMILES string of the molecule is CCNC(=NCc1ccccc1-n1nc(C)cc1C)NCC1CCN(S(C)(=O)=O)CC1.I. The second kappa shape index (κ2) is 12.0. The number of benzene rings is 1. The van der Waals surface area contributed by atoms with E-state index in [1.165, 1.54) is 6.26 Å². The van der Waals surface area contributed by atoms with E-state index in [0.29, 0.717) is 25.6 Å². The minimum Gasteiger partial charge on any atom is -0.357 e. The molecule has 2 aromatic rings. The molecule has 1 aliphatic heterocycles. The molecule has 0 unspecified atom stereocenters. The van der Waals surface area contributed by atoms with E-state index in [2.05, 4.69) is 40.9 Å². The second-order valence-corrected chi connectivity index (χ2v) is 10.1. The molecule has 0 saturated carbocycles. The minimum absolute atomic E-state index is 0. The molecule has 1 aromatic heterocycles. The highest BCUT2D eigenvalue weighted by atomic mass is 127. The van der Waals surface area contributed by atoms with Crippen molar-refractivity contribution in [3.05, 3.63) is 47.3 Å². The number of nitrogens with one attached hydrogen (secondary N) is 2. The number of sulfonamides is 1. The van der Waals surface area contributed by atoms with E-state index >= 15 is 0 Å². The number of aryl methyl sites for hydroxylation is 2. The Labute approximate surface area is 208 Å². The summed E-state index contributed by atoms with van der Waals surface area (Å²) in [5.41, 5.74) is 4.24. The lowest BCUT2D eigenvalue weighted by atomic mass is 9.98. The lowest BCUT2D eigenvalue weighted by Gasteiger charge is -2.30. The second-order valence-electron chi connectivity index (χ2n) is 8.15. The van der Waals surface area contributed by atoms with Crippen LogP contribution in [0.3, 0.4) is 0 Å². The highest BCUT2D eigenvalue weighted by molar-refractivity contribution is 14.0. The maximum Gasteiger partial charge on any atom is 0.211 e. The molecule has 2 N–H and O–H groups in total. The number of halogens is 1. The number of hydrogen-bond donors (Lipinski definition) is 2. The zero-order chi connectivity index (χ0) is 22.4. The molecular formula is C22H35IN6O2S. The third-order valence-electron chi connectivity index (χ3n) is 5.58. The van der Waals surface area contributed by atoms with E-state index in [1.807, 2.05) is 30.7 Å². The van der Waals surface area contributed by atoms with Crippen LogP contribution in [0.1, 0.15) is 36.7 Å². The summed E-state index contributed by atoms with van der Waals surface area (Å²) in [6.45, 7) is 9.38. The predicted molar refractivity (Wildman–Crippen MR) is 140 cm³/mol. The van der Waals surface area contributed by atoms with E-state index in [9.17, 15) is 8.42 Å². The van der Waals surface area contributed by atoms with Crippen molar-refractivity contribution in [2.24, 2.45) is 10.9 Å². The molecule has 10 heteroatoms. The molecule has 0 radical (unpaired) electrons. The highest BCUT2D eigenvalue weighted by Gasteiger charge is 2.24. The smallest absolute Gasteiger partial charge is 0.211 e. The van der Waals surface area contributed by atoms with Crippen LogP contribution in [-0.4, -0.2) is 60.9 Å². The molecule has 1 fully saturated rings. The van der Waals surface area contributed by atoms with Crippen molar-refractivity contribution in [2.45, 2.75) is 40.2 Å². The summed E-state index contributed by atoms with van der Waals surface area (Å²) in [6, 6.07) is 10.3. The van der Waals surface area contributed by atoms with Gasteiger partial charge < -0.3 is 10.6 Å². The number of para-hydroxylation sites is 1. The number of rotatable bonds is 7. The van der Waals surface area contributed by atoms with Gasteiger partial charge in [0.2, 0.25) is 10.0 Å². The summed E-state index contributed by atoms with van der Waals surface area (Å²) in [5.74, 6) is 1.21. The van der Waals surface area contributed by atoms with Crippen LogP contribution in [0.25, 0.3) is 5.69 Å². The van der Waals surface area contributed by atoms with Crippen molar-refractivity contribution in [1.29, 1.82) is 0 Å². The fourth-order valence-electron chi connectivity index (χ4n) is 3.92. The number of aromatic nitrogens is 2. The lowest BCUT2D eigenvalue weighted by Crippen LogP contribution is -2.44. The fraction of sp³-hybridized carbons (Fsp3) is 0.545. The molecule has 0 spiro atoms. The summed E-state index contributed by atoms with van der Waals surface area (Å²) in [6.07, 6.45) is 3.01. The zero-order valence-electron chi connectivity index (χ0n) is 19.3. The van der Waals surface area contributed by atoms with Crippen LogP contribution in [0.15, 0.2) is 35.3 Å². The molecule has 0 aliphatic carbocycles. The predicted octanol–water partition coefficient (Wildman–Crippen LogP) is 2.83. The quantitative estimate of drug-likeness (QED) is 0.302. The first kappa shape index (κ1) is 26.6. The number of aliphatic imine (C=N–C) groups is 1. The molecule has 1 aromatic carbocycles. The Morgan fingerprint density at radius 2 is 1.88 bits per heavy atom. The molecule has 8 nitrogen and oxygen atoms in total. The van der Waals surface area contributed by atoms with Gasteiger partial charge >= 0.3 is 0 Å². The summed E-state index contributed by atoms with van der Waals surface area (Å²) in [7, 11) is -3.09. The van der Waals surface area contributed by atoms with E-state index in [0.717, 1.165) is 54.5 Å². The highest BCUT2D eigenvalue weighted by Crippen LogP contribution is 2.19. The third kappa shape index (κ3) is 7.17. The van der Waals surface area contributed by atoms with Crippen LogP contribution >= 0.6 is 24.0 Å². The van der Waals surface area contributed by atoms with Crippen LogP contribution in [0.4, 0.5) is 0 Å². The van der Waals surface area contributed by atoms with Gasteiger partial charge in [-0.15, -0.1) is 24.0 Å². The largest absolute Gasteiger partial charge is 0.357 e. The van der Waals surface area contributed by atoms with Gasteiger partial charge in [-0.05, 0) is 57.2 Å². The Balaban J connectivity index is 0.00000363. The van der Waals surface area contributed by atoms with Gasteiger partial charge in [-0.2, -0.15) is 5.10 Å². The molecule has 1 aliphatic rings. The average molecular weight is 575 g/mol. The molecule has 0 atom stereocenters. The maximum absolute atomic E-state index is 11.7. The van der Waals surface area contributed by atoms with Crippen LogP contribution in [0.5, 0.6) is 0 Å². The molecular weight excluding hydrogens is 539 g/mol. The van der Waals surface area contributed by atoms with E-state index in [4.69, 9.17) is 4.99 Å². The van der Waals surface area contributed by atoms with Crippen molar-refractivity contribution in [3.63, 3.8) is 0 Å². The van der Waals surface area contributed by atoms with Gasteiger partial charge in [0.05, 0.1) is 24.2 Å². The molecule has 0 bridgehead atoms. The third-order valence-corrected chi connectivity index (χ3v) is 6.89. The molecule has 178 valence electrons. The Morgan fingerprint density at radius 3 is 2.47 bits per heavy atom. The van der Waals surface area contributed by atoms with Gasteiger partial charge in [0.15, 0.2) is 5.96 Å². The first-order valence-corrected chi connectivity index (χ1v) is 12.7. The Morgan fingerprint density at radius 1 is 1.19 bits per heavy atom. The molecule has 2 heterocycles. The van der Waals surface area contributed by atoms with Gasteiger partial charge in [-0.25, -0.2) is 22.4 Å². The zero-order valence-corrected chi connectivity index (χ0v) is 22.5. The van der Waals surface area contributed by atoms with Crippen LogP contribution in [0, 0.1) is 19.8 Å². The molecule has 1 saturated heterocycles. The van der Waals surface area contributed by atoms with E-state index < -0.39 is 10.0 Å². The standard InChI is InChI=1S/C22H34N6O2S.HI/c1-5-23-22(24-15-19-10-12-27(13-11-19)31(4,29)30)25-16-20-8-6-7-9-21(20)28-18(3)14-17(2)26-28;/h6-9,14,19H,5,10-13,15-16H2,1-4H3,(H2,23,24,25);1H. The van der Waals surface area contributed by atoms with Gasteiger partial charge in [0.25, 0.3) is 0 Å². The Hall–Kier alpha value is -1.66. The van der Waals surface area contributed by atoms with Gasteiger partial charge in [0.1, 0.15) is 0 Å².